The molecule has 0 radical (unpaired) electrons. The highest BCUT2D eigenvalue weighted by Crippen LogP contribution is 2.29. The summed E-state index contributed by atoms with van der Waals surface area (Å²) in [5, 5.41) is 3.36. The van der Waals surface area contributed by atoms with Crippen molar-refractivity contribution in [3.63, 3.8) is 0 Å². The van der Waals surface area contributed by atoms with Gasteiger partial charge in [0.2, 0.25) is 0 Å². The van der Waals surface area contributed by atoms with Gasteiger partial charge in [-0.1, -0.05) is 18.2 Å². The van der Waals surface area contributed by atoms with E-state index in [9.17, 15) is 9.59 Å². The third-order valence-corrected chi connectivity index (χ3v) is 3.82. The molecule has 2 aromatic heterocycles. The van der Waals surface area contributed by atoms with Crippen molar-refractivity contribution in [2.75, 3.05) is 11.9 Å². The van der Waals surface area contributed by atoms with E-state index in [0.29, 0.717) is 17.0 Å². The lowest BCUT2D eigenvalue weighted by Crippen LogP contribution is -2.22. The van der Waals surface area contributed by atoms with Crippen molar-refractivity contribution >= 4 is 16.9 Å². The van der Waals surface area contributed by atoms with E-state index in [-0.39, 0.29) is 5.92 Å². The van der Waals surface area contributed by atoms with Gasteiger partial charge in [0.05, 0.1) is 0 Å². The minimum absolute atomic E-state index is 0.134. The maximum Gasteiger partial charge on any atom is 0.327 e. The van der Waals surface area contributed by atoms with Gasteiger partial charge in [0.1, 0.15) is 11.3 Å². The van der Waals surface area contributed by atoms with E-state index in [2.05, 4.69) is 31.3 Å². The van der Waals surface area contributed by atoms with Crippen LogP contribution in [0.3, 0.4) is 0 Å². The van der Waals surface area contributed by atoms with Gasteiger partial charge in [0.25, 0.3) is 5.56 Å². The van der Waals surface area contributed by atoms with E-state index in [1.807, 2.05) is 18.2 Å². The summed E-state index contributed by atoms with van der Waals surface area (Å²) < 4.78 is 0. The van der Waals surface area contributed by atoms with Crippen LogP contribution in [0.25, 0.3) is 11.2 Å². The van der Waals surface area contributed by atoms with E-state index in [0.717, 1.165) is 18.7 Å². The van der Waals surface area contributed by atoms with Crippen LogP contribution in [0.4, 0.5) is 5.69 Å². The molecule has 0 amide bonds. The standard InChI is InChI=1S/C14H13N5O2/c20-13-10-12(18-14(21)19-13)17-11(16-10)8-5-7-3-1-2-4-9(7)15-6-8/h1-4,8,15H,5-6H2,(H3,16,17,18,19,20,21). The van der Waals surface area contributed by atoms with Gasteiger partial charge in [-0.3, -0.25) is 14.8 Å². The van der Waals surface area contributed by atoms with Gasteiger partial charge in [-0.05, 0) is 18.1 Å². The van der Waals surface area contributed by atoms with Crippen LogP contribution in [0.1, 0.15) is 17.3 Å². The second-order valence-electron chi connectivity index (χ2n) is 5.19. The van der Waals surface area contributed by atoms with E-state index in [4.69, 9.17) is 0 Å². The summed E-state index contributed by atoms with van der Waals surface area (Å²) in [6.45, 7) is 0.735. The number of fused-ring (bicyclic) bond motifs is 2. The molecule has 0 saturated carbocycles. The van der Waals surface area contributed by atoms with Gasteiger partial charge >= 0.3 is 5.69 Å². The molecular formula is C14H13N5O2. The molecule has 21 heavy (non-hydrogen) atoms. The fourth-order valence-corrected chi connectivity index (χ4v) is 2.78. The summed E-state index contributed by atoms with van der Waals surface area (Å²) in [6.07, 6.45) is 0.838. The average Bonchev–Trinajstić information content (AvgIpc) is 2.91. The zero-order chi connectivity index (χ0) is 14.4. The lowest BCUT2D eigenvalue weighted by Gasteiger charge is -2.24. The molecule has 0 fully saturated rings. The predicted molar refractivity (Wildman–Crippen MR) is 78.7 cm³/mol. The van der Waals surface area contributed by atoms with Crippen LogP contribution in [0, 0.1) is 0 Å². The number of para-hydroxylation sites is 1. The van der Waals surface area contributed by atoms with Crippen LogP contribution in [-0.4, -0.2) is 26.5 Å². The van der Waals surface area contributed by atoms with Crippen molar-refractivity contribution in [2.45, 2.75) is 12.3 Å². The van der Waals surface area contributed by atoms with E-state index in [1.54, 1.807) is 0 Å². The number of imidazole rings is 1. The zero-order valence-electron chi connectivity index (χ0n) is 11.1. The number of H-pyrrole nitrogens is 3. The van der Waals surface area contributed by atoms with Gasteiger partial charge in [0, 0.05) is 18.2 Å². The molecule has 1 aliphatic heterocycles. The molecule has 1 unspecified atom stereocenters. The number of anilines is 1. The van der Waals surface area contributed by atoms with E-state index < -0.39 is 11.2 Å². The highest BCUT2D eigenvalue weighted by molar-refractivity contribution is 5.69. The van der Waals surface area contributed by atoms with Crippen molar-refractivity contribution < 1.29 is 0 Å². The summed E-state index contributed by atoms with van der Waals surface area (Å²) >= 11 is 0. The number of nitrogens with zero attached hydrogens (tertiary/aromatic N) is 1. The van der Waals surface area contributed by atoms with Crippen LogP contribution in [0.15, 0.2) is 33.9 Å². The van der Waals surface area contributed by atoms with Gasteiger partial charge in [-0.15, -0.1) is 0 Å². The lowest BCUT2D eigenvalue weighted by atomic mass is 9.93. The Morgan fingerprint density at radius 2 is 1.95 bits per heavy atom. The molecular weight excluding hydrogens is 270 g/mol. The maximum absolute atomic E-state index is 11.7. The van der Waals surface area contributed by atoms with Crippen molar-refractivity contribution in [1.82, 2.24) is 19.9 Å². The first-order chi connectivity index (χ1) is 10.2. The highest BCUT2D eigenvalue weighted by Gasteiger charge is 2.22. The number of aromatic nitrogens is 4. The number of aromatic amines is 3. The van der Waals surface area contributed by atoms with Gasteiger partial charge < -0.3 is 10.3 Å². The Morgan fingerprint density at radius 3 is 2.86 bits per heavy atom. The molecule has 0 aliphatic carbocycles. The minimum atomic E-state index is -0.544. The van der Waals surface area contributed by atoms with Gasteiger partial charge in [-0.2, -0.15) is 0 Å². The van der Waals surface area contributed by atoms with Crippen molar-refractivity contribution in [3.8, 4) is 0 Å². The van der Waals surface area contributed by atoms with Gasteiger partial charge in [-0.25, -0.2) is 9.78 Å². The molecule has 4 rings (SSSR count). The first-order valence-corrected chi connectivity index (χ1v) is 6.75. The fraction of sp³-hybridized carbons (Fsp3) is 0.214. The fourth-order valence-electron chi connectivity index (χ4n) is 2.78. The van der Waals surface area contributed by atoms with E-state index >= 15 is 0 Å². The SMILES string of the molecule is O=c1[nH]c(=O)c2[nH]c(C3CNc4ccccc4C3)nc2[nH]1. The molecule has 3 aromatic rings. The quantitative estimate of drug-likeness (QED) is 0.527. The molecule has 0 saturated heterocycles. The maximum atomic E-state index is 11.7. The molecule has 1 aliphatic rings. The molecule has 0 bridgehead atoms. The molecule has 4 N–H and O–H groups in total. The first-order valence-electron chi connectivity index (χ1n) is 6.75. The molecule has 7 nitrogen and oxygen atoms in total. The molecule has 0 spiro atoms. The van der Waals surface area contributed by atoms with Crippen molar-refractivity contribution in [2.24, 2.45) is 0 Å². The Morgan fingerprint density at radius 1 is 1.10 bits per heavy atom. The molecule has 7 heteroatoms. The third kappa shape index (κ3) is 1.94. The largest absolute Gasteiger partial charge is 0.384 e. The summed E-state index contributed by atoms with van der Waals surface area (Å²) in [6, 6.07) is 8.12. The smallest absolute Gasteiger partial charge is 0.327 e. The summed E-state index contributed by atoms with van der Waals surface area (Å²) in [4.78, 5) is 35.1. The Hall–Kier alpha value is -2.83. The number of benzene rings is 1. The normalized spacial score (nSPS) is 17.4. The zero-order valence-corrected chi connectivity index (χ0v) is 11.1. The summed E-state index contributed by atoms with van der Waals surface area (Å²) in [7, 11) is 0. The molecule has 3 heterocycles. The second kappa shape index (κ2) is 4.34. The second-order valence-corrected chi connectivity index (χ2v) is 5.19. The van der Waals surface area contributed by atoms with E-state index in [1.165, 1.54) is 5.56 Å². The predicted octanol–water partition coefficient (Wildman–Crippen LogP) is 0.691. The first kappa shape index (κ1) is 12.0. The monoisotopic (exact) mass is 283 g/mol. The number of nitrogens with one attached hydrogen (secondary N) is 4. The number of hydrogen-bond donors (Lipinski definition) is 4. The van der Waals surface area contributed by atoms with Crippen LogP contribution < -0.4 is 16.6 Å². The average molecular weight is 283 g/mol. The summed E-state index contributed by atoms with van der Waals surface area (Å²) in [5.74, 6) is 0.842. The molecule has 1 atom stereocenters. The Labute approximate surface area is 118 Å². The van der Waals surface area contributed by atoms with Gasteiger partial charge in [0.15, 0.2) is 5.65 Å². The minimum Gasteiger partial charge on any atom is -0.384 e. The van der Waals surface area contributed by atoms with Crippen LogP contribution in [0.5, 0.6) is 0 Å². The van der Waals surface area contributed by atoms with Crippen LogP contribution in [-0.2, 0) is 6.42 Å². The number of rotatable bonds is 1. The number of hydrogen-bond acceptors (Lipinski definition) is 4. The Kier molecular flexibility index (Phi) is 2.47. The third-order valence-electron chi connectivity index (χ3n) is 3.82. The van der Waals surface area contributed by atoms with Crippen molar-refractivity contribution in [1.29, 1.82) is 0 Å². The summed E-state index contributed by atoms with van der Waals surface area (Å²) in [5.41, 5.74) is 1.98. The Bertz CT molecular complexity index is 936. The molecule has 1 aromatic carbocycles. The Balaban J connectivity index is 1.77. The lowest BCUT2D eigenvalue weighted by molar-refractivity contribution is 0.659. The van der Waals surface area contributed by atoms with Crippen molar-refractivity contribution in [3.05, 3.63) is 56.5 Å². The molecule has 106 valence electrons. The van der Waals surface area contributed by atoms with Crippen LogP contribution >= 0.6 is 0 Å². The topological polar surface area (TPSA) is 106 Å². The highest BCUT2D eigenvalue weighted by atomic mass is 16.2. The van der Waals surface area contributed by atoms with Crippen LogP contribution in [0.2, 0.25) is 0 Å².